The van der Waals surface area contributed by atoms with Crippen molar-refractivity contribution in [2.45, 2.75) is 250 Å². The van der Waals surface area contributed by atoms with E-state index in [4.69, 9.17) is 23.7 Å². The summed E-state index contributed by atoms with van der Waals surface area (Å²) < 4.78 is 28.2. The molecule has 0 saturated carbocycles. The molecule has 384 valence electrons. The average Bonchev–Trinajstić information content (AvgIpc) is 3.31. The summed E-state index contributed by atoms with van der Waals surface area (Å²) in [5, 5.41) is 31.3. The molecule has 0 aromatic rings. The molecule has 12 nitrogen and oxygen atoms in total. The normalized spacial score (nSPS) is 19.3. The molecule has 0 bridgehead atoms. The monoisotopic (exact) mass is 945 g/mol. The van der Waals surface area contributed by atoms with Gasteiger partial charge in [0.05, 0.1) is 6.61 Å². The Morgan fingerprint density at radius 3 is 1.43 bits per heavy atom. The number of rotatable bonds is 43. The van der Waals surface area contributed by atoms with E-state index in [0.717, 1.165) is 89.9 Å². The van der Waals surface area contributed by atoms with E-state index in [-0.39, 0.29) is 25.9 Å². The Hall–Kier alpha value is -3.58. The lowest BCUT2D eigenvalue weighted by molar-refractivity contribution is -0.301. The molecular weight excluding hydrogens is 853 g/mol. The molecule has 67 heavy (non-hydrogen) atoms. The second-order valence-corrected chi connectivity index (χ2v) is 17.8. The minimum absolute atomic E-state index is 0.0219. The summed E-state index contributed by atoms with van der Waals surface area (Å²) in [6.45, 7) is 5.79. The Kier molecular flexibility index (Phi) is 40.1. The standard InChI is InChI=1S/C55H92O12/c1-4-7-10-13-16-19-20-21-22-23-24-25-26-27-28-31-34-37-40-43-49(58)66-53-51(60)50(59)52(54(61)62)67-55(53)64-45-46(65-48(57)42-39-36-33-30-18-15-12-9-6-3)44-63-47(56)41-38-35-32-29-17-14-11-8-5-2/h7,10,16,19,21-22,24-25,27-28,46,50-53,55,59-60H,4-6,8-9,11-15,17-18,20,23,26,29-45H2,1-3H3,(H,61,62)/b10-7-,19-16-,22-21-,25-24-,28-27-. The van der Waals surface area contributed by atoms with E-state index in [1.165, 1.54) is 64.2 Å². The van der Waals surface area contributed by atoms with Gasteiger partial charge in [0.15, 0.2) is 24.6 Å². The van der Waals surface area contributed by atoms with Crippen LogP contribution in [0.15, 0.2) is 60.8 Å². The third-order valence-electron chi connectivity index (χ3n) is 11.6. The van der Waals surface area contributed by atoms with Crippen LogP contribution in [0.3, 0.4) is 0 Å². The largest absolute Gasteiger partial charge is 0.479 e. The molecule has 1 fully saturated rings. The van der Waals surface area contributed by atoms with Gasteiger partial charge in [0.2, 0.25) is 0 Å². The summed E-state index contributed by atoms with van der Waals surface area (Å²) in [4.78, 5) is 50.7. The van der Waals surface area contributed by atoms with Gasteiger partial charge in [-0.2, -0.15) is 0 Å². The van der Waals surface area contributed by atoms with Crippen molar-refractivity contribution in [3.8, 4) is 0 Å². The number of carboxylic acids is 1. The molecule has 1 saturated heterocycles. The van der Waals surface area contributed by atoms with E-state index in [0.29, 0.717) is 19.3 Å². The zero-order chi connectivity index (χ0) is 49.0. The number of esters is 3. The fourth-order valence-electron chi connectivity index (χ4n) is 7.57. The van der Waals surface area contributed by atoms with E-state index in [1.807, 2.05) is 0 Å². The predicted molar refractivity (Wildman–Crippen MR) is 266 cm³/mol. The Labute approximate surface area is 405 Å². The quantitative estimate of drug-likeness (QED) is 0.0229. The zero-order valence-corrected chi connectivity index (χ0v) is 41.9. The fourth-order valence-corrected chi connectivity index (χ4v) is 7.57. The third-order valence-corrected chi connectivity index (χ3v) is 11.6. The summed E-state index contributed by atoms with van der Waals surface area (Å²) in [6, 6.07) is 0. The van der Waals surface area contributed by atoms with E-state index in [2.05, 4.69) is 81.5 Å². The minimum atomic E-state index is -1.91. The van der Waals surface area contributed by atoms with Crippen molar-refractivity contribution in [1.29, 1.82) is 0 Å². The Bertz CT molecular complexity index is 1400. The van der Waals surface area contributed by atoms with Crippen molar-refractivity contribution in [3.63, 3.8) is 0 Å². The molecule has 1 heterocycles. The highest BCUT2D eigenvalue weighted by Crippen LogP contribution is 2.26. The number of ether oxygens (including phenoxy) is 5. The summed E-state index contributed by atoms with van der Waals surface area (Å²) in [6.07, 6.45) is 39.4. The van der Waals surface area contributed by atoms with Crippen molar-refractivity contribution in [2.75, 3.05) is 13.2 Å². The molecule has 0 aromatic carbocycles. The highest BCUT2D eigenvalue weighted by atomic mass is 16.7. The SMILES string of the molecule is CC/C=C\C/C=C\C/C=C\C/C=C\C/C=C\CCCCCC(=O)OC1C(OCC(COC(=O)CCCCCCCCCCC)OC(=O)CCCCCCCCCCC)OC(C(=O)O)C(O)C1O. The first-order valence-electron chi connectivity index (χ1n) is 26.3. The van der Waals surface area contributed by atoms with Gasteiger partial charge in [0.1, 0.15) is 18.8 Å². The van der Waals surface area contributed by atoms with Crippen LogP contribution in [0.2, 0.25) is 0 Å². The summed E-state index contributed by atoms with van der Waals surface area (Å²) in [7, 11) is 0. The predicted octanol–water partition coefficient (Wildman–Crippen LogP) is 12.4. The lowest BCUT2D eigenvalue weighted by Crippen LogP contribution is -2.61. The first kappa shape index (κ1) is 61.4. The molecule has 12 heteroatoms. The van der Waals surface area contributed by atoms with Crippen LogP contribution >= 0.6 is 0 Å². The second kappa shape index (κ2) is 43.7. The molecule has 0 amide bonds. The van der Waals surface area contributed by atoms with E-state index in [1.54, 1.807) is 0 Å². The number of aliphatic carboxylic acids is 1. The molecule has 6 unspecified atom stereocenters. The molecule has 3 N–H and O–H groups in total. The van der Waals surface area contributed by atoms with Crippen LogP contribution in [-0.2, 0) is 42.9 Å². The highest BCUT2D eigenvalue weighted by Gasteiger charge is 2.50. The van der Waals surface area contributed by atoms with Crippen LogP contribution in [0.4, 0.5) is 0 Å². The maximum Gasteiger partial charge on any atom is 0.335 e. The van der Waals surface area contributed by atoms with Gasteiger partial charge < -0.3 is 39.0 Å². The van der Waals surface area contributed by atoms with E-state index < -0.39 is 67.3 Å². The van der Waals surface area contributed by atoms with Crippen LogP contribution in [-0.4, -0.2) is 89.2 Å². The lowest BCUT2D eigenvalue weighted by Gasteiger charge is -2.40. The molecule has 0 radical (unpaired) electrons. The van der Waals surface area contributed by atoms with Crippen molar-refractivity contribution in [1.82, 2.24) is 0 Å². The number of carbonyl (C=O) groups excluding carboxylic acids is 3. The van der Waals surface area contributed by atoms with Gasteiger partial charge in [-0.05, 0) is 64.2 Å². The van der Waals surface area contributed by atoms with Crippen molar-refractivity contribution < 1.29 is 58.2 Å². The van der Waals surface area contributed by atoms with Gasteiger partial charge >= 0.3 is 23.9 Å². The average molecular weight is 945 g/mol. The Morgan fingerprint density at radius 2 is 0.940 bits per heavy atom. The van der Waals surface area contributed by atoms with Crippen LogP contribution in [0.1, 0.15) is 213 Å². The van der Waals surface area contributed by atoms with E-state index >= 15 is 0 Å². The third kappa shape index (κ3) is 34.4. The van der Waals surface area contributed by atoms with Gasteiger partial charge in [-0.1, -0.05) is 191 Å². The molecule has 6 atom stereocenters. The summed E-state index contributed by atoms with van der Waals surface area (Å²) in [5.41, 5.74) is 0. The fraction of sp³-hybridized carbons (Fsp3) is 0.745. The van der Waals surface area contributed by atoms with Gasteiger partial charge in [-0.3, -0.25) is 14.4 Å². The van der Waals surface area contributed by atoms with E-state index in [9.17, 15) is 34.5 Å². The molecule has 0 spiro atoms. The van der Waals surface area contributed by atoms with Crippen molar-refractivity contribution in [3.05, 3.63) is 60.8 Å². The van der Waals surface area contributed by atoms with Gasteiger partial charge in [0, 0.05) is 19.3 Å². The molecular formula is C55H92O12. The number of hydrogen-bond donors (Lipinski definition) is 3. The topological polar surface area (TPSA) is 175 Å². The number of carbonyl (C=O) groups is 4. The molecule has 0 aromatic heterocycles. The van der Waals surface area contributed by atoms with Gasteiger partial charge in [0.25, 0.3) is 0 Å². The highest BCUT2D eigenvalue weighted by molar-refractivity contribution is 5.74. The second-order valence-electron chi connectivity index (χ2n) is 17.8. The Balaban J connectivity index is 2.70. The first-order chi connectivity index (χ1) is 32.6. The molecule has 1 aliphatic heterocycles. The molecule has 1 rings (SSSR count). The van der Waals surface area contributed by atoms with Crippen LogP contribution in [0.25, 0.3) is 0 Å². The van der Waals surface area contributed by atoms with Gasteiger partial charge in [-0.25, -0.2) is 4.79 Å². The lowest BCUT2D eigenvalue weighted by atomic mass is 9.98. The first-order valence-corrected chi connectivity index (χ1v) is 26.3. The number of hydrogen-bond acceptors (Lipinski definition) is 11. The maximum absolute atomic E-state index is 13.0. The van der Waals surface area contributed by atoms with Crippen LogP contribution < -0.4 is 0 Å². The van der Waals surface area contributed by atoms with Crippen LogP contribution in [0.5, 0.6) is 0 Å². The smallest absolute Gasteiger partial charge is 0.335 e. The number of aliphatic hydroxyl groups is 2. The summed E-state index contributed by atoms with van der Waals surface area (Å²) in [5.74, 6) is -3.16. The number of allylic oxidation sites excluding steroid dienone is 10. The number of unbranched alkanes of at least 4 members (excludes halogenated alkanes) is 19. The number of carboxylic acid groups (broad SMARTS) is 1. The van der Waals surface area contributed by atoms with Crippen molar-refractivity contribution in [2.24, 2.45) is 0 Å². The Morgan fingerprint density at radius 1 is 0.507 bits per heavy atom. The molecule has 0 aliphatic carbocycles. The van der Waals surface area contributed by atoms with Crippen molar-refractivity contribution >= 4 is 23.9 Å². The zero-order valence-electron chi connectivity index (χ0n) is 41.9. The minimum Gasteiger partial charge on any atom is -0.479 e. The number of aliphatic hydroxyl groups excluding tert-OH is 2. The molecule has 1 aliphatic rings. The maximum atomic E-state index is 13.0. The summed E-state index contributed by atoms with van der Waals surface area (Å²) >= 11 is 0. The van der Waals surface area contributed by atoms with Gasteiger partial charge in [-0.15, -0.1) is 0 Å². The van der Waals surface area contributed by atoms with Crippen LogP contribution in [0, 0.1) is 0 Å².